The van der Waals surface area contributed by atoms with E-state index in [-0.39, 0.29) is 18.6 Å². The predicted molar refractivity (Wildman–Crippen MR) is 81.4 cm³/mol. The minimum atomic E-state index is -0.939. The maximum Gasteiger partial charge on any atom is 0.333 e. The van der Waals surface area contributed by atoms with E-state index in [1.165, 1.54) is 21.3 Å². The Morgan fingerprint density at radius 3 is 2.14 bits per heavy atom. The molecule has 6 nitrogen and oxygen atoms in total. The fraction of sp³-hybridized carbons (Fsp3) is 0.438. The van der Waals surface area contributed by atoms with E-state index in [0.29, 0.717) is 22.8 Å². The highest BCUT2D eigenvalue weighted by Crippen LogP contribution is 2.40. The number of carbonyl (C=O) groups excluding carboxylic acids is 1. The van der Waals surface area contributed by atoms with Gasteiger partial charge in [-0.05, 0) is 24.6 Å². The molecule has 0 fully saturated rings. The lowest BCUT2D eigenvalue weighted by Crippen LogP contribution is -2.10. The number of aliphatic hydroxyl groups is 1. The van der Waals surface area contributed by atoms with E-state index in [1.807, 2.05) is 0 Å². The Hall–Kier alpha value is -2.21. The van der Waals surface area contributed by atoms with Gasteiger partial charge >= 0.3 is 5.97 Å². The van der Waals surface area contributed by atoms with Crippen LogP contribution in [0.5, 0.6) is 17.2 Å². The van der Waals surface area contributed by atoms with Crippen molar-refractivity contribution in [2.24, 2.45) is 0 Å². The van der Waals surface area contributed by atoms with Crippen LogP contribution in [0.3, 0.4) is 0 Å². The topological polar surface area (TPSA) is 74.2 Å². The highest BCUT2D eigenvalue weighted by Gasteiger charge is 2.20. The summed E-state index contributed by atoms with van der Waals surface area (Å²) in [5.41, 5.74) is 0.725. The smallest absolute Gasteiger partial charge is 0.333 e. The second kappa shape index (κ2) is 8.29. The summed E-state index contributed by atoms with van der Waals surface area (Å²) in [6.07, 6.45) is -0.886. The number of hydrogen-bond acceptors (Lipinski definition) is 6. The van der Waals surface area contributed by atoms with Gasteiger partial charge in [0.2, 0.25) is 5.75 Å². The average Bonchev–Trinajstić information content (AvgIpc) is 2.53. The number of benzene rings is 1. The zero-order valence-corrected chi connectivity index (χ0v) is 13.3. The van der Waals surface area contributed by atoms with Gasteiger partial charge in [-0.3, -0.25) is 0 Å². The second-order valence-electron chi connectivity index (χ2n) is 4.50. The van der Waals surface area contributed by atoms with Crippen molar-refractivity contribution in [1.82, 2.24) is 0 Å². The van der Waals surface area contributed by atoms with Crippen LogP contribution >= 0.6 is 0 Å². The number of rotatable bonds is 8. The Bertz CT molecular complexity index is 512. The average molecular weight is 310 g/mol. The summed E-state index contributed by atoms with van der Waals surface area (Å²) >= 11 is 0. The molecule has 1 atom stereocenters. The molecule has 0 aliphatic carbocycles. The van der Waals surface area contributed by atoms with Crippen molar-refractivity contribution in [1.29, 1.82) is 0 Å². The van der Waals surface area contributed by atoms with Gasteiger partial charge in [-0.25, -0.2) is 4.79 Å². The second-order valence-corrected chi connectivity index (χ2v) is 4.50. The largest absolute Gasteiger partial charge is 0.493 e. The van der Waals surface area contributed by atoms with E-state index in [4.69, 9.17) is 18.9 Å². The lowest BCUT2D eigenvalue weighted by atomic mass is 10.0. The van der Waals surface area contributed by atoms with E-state index >= 15 is 0 Å². The van der Waals surface area contributed by atoms with Crippen LogP contribution in [0.4, 0.5) is 0 Å². The molecule has 0 spiro atoms. The van der Waals surface area contributed by atoms with Crippen LogP contribution in [0.2, 0.25) is 0 Å². The van der Waals surface area contributed by atoms with Gasteiger partial charge in [-0.1, -0.05) is 6.58 Å². The maximum absolute atomic E-state index is 11.6. The molecule has 1 N–H and O–H groups in total. The number of carbonyl (C=O) groups is 1. The minimum absolute atomic E-state index is 0.0530. The quantitative estimate of drug-likeness (QED) is 0.586. The molecule has 0 aliphatic rings. The zero-order chi connectivity index (χ0) is 16.7. The van der Waals surface area contributed by atoms with Crippen molar-refractivity contribution in [3.63, 3.8) is 0 Å². The van der Waals surface area contributed by atoms with Crippen LogP contribution in [-0.2, 0) is 9.53 Å². The Morgan fingerprint density at radius 1 is 1.18 bits per heavy atom. The third kappa shape index (κ3) is 4.14. The van der Waals surface area contributed by atoms with Gasteiger partial charge in [0.15, 0.2) is 11.5 Å². The van der Waals surface area contributed by atoms with Crippen molar-refractivity contribution < 1.29 is 28.8 Å². The standard InChI is InChI=1S/C16H22O6/c1-6-22-16(18)10(2)7-12(17)11-8-13(19-3)15(21-5)14(9-11)20-4/h8-9,12,17H,2,6-7H2,1,3-5H3/t12-/m1/s1. The van der Waals surface area contributed by atoms with Crippen molar-refractivity contribution in [3.8, 4) is 17.2 Å². The zero-order valence-electron chi connectivity index (χ0n) is 13.3. The Kier molecular flexibility index (Phi) is 6.72. The Morgan fingerprint density at radius 2 is 1.73 bits per heavy atom. The number of esters is 1. The molecule has 0 unspecified atom stereocenters. The van der Waals surface area contributed by atoms with Crippen LogP contribution in [0, 0.1) is 0 Å². The number of ether oxygens (including phenoxy) is 4. The molecule has 0 radical (unpaired) electrons. The fourth-order valence-electron chi connectivity index (χ4n) is 1.96. The summed E-state index contributed by atoms with van der Waals surface area (Å²) in [5, 5.41) is 10.3. The number of hydrogen-bond donors (Lipinski definition) is 1. The third-order valence-corrected chi connectivity index (χ3v) is 3.08. The molecular formula is C16H22O6. The molecule has 0 aliphatic heterocycles. The van der Waals surface area contributed by atoms with Gasteiger partial charge < -0.3 is 24.1 Å². The first-order valence-electron chi connectivity index (χ1n) is 6.81. The summed E-state index contributed by atoms with van der Waals surface area (Å²) in [6.45, 7) is 5.61. The first-order chi connectivity index (χ1) is 10.5. The summed E-state index contributed by atoms with van der Waals surface area (Å²) in [6, 6.07) is 3.26. The lowest BCUT2D eigenvalue weighted by molar-refractivity contribution is -0.138. The van der Waals surface area contributed by atoms with Gasteiger partial charge in [0.25, 0.3) is 0 Å². The van der Waals surface area contributed by atoms with Gasteiger partial charge in [0.1, 0.15) is 0 Å². The van der Waals surface area contributed by atoms with E-state index in [1.54, 1.807) is 19.1 Å². The van der Waals surface area contributed by atoms with E-state index in [2.05, 4.69) is 6.58 Å². The highest BCUT2D eigenvalue weighted by atomic mass is 16.5. The molecule has 0 heterocycles. The number of methoxy groups -OCH3 is 3. The number of aliphatic hydroxyl groups excluding tert-OH is 1. The van der Waals surface area contributed by atoms with Gasteiger partial charge in [0, 0.05) is 12.0 Å². The SMILES string of the molecule is C=C(C[C@@H](O)c1cc(OC)c(OC)c(OC)c1)C(=O)OCC. The van der Waals surface area contributed by atoms with E-state index in [9.17, 15) is 9.90 Å². The minimum Gasteiger partial charge on any atom is -0.493 e. The van der Waals surface area contributed by atoms with Crippen LogP contribution in [0.25, 0.3) is 0 Å². The van der Waals surface area contributed by atoms with Crippen LogP contribution in [0.1, 0.15) is 25.0 Å². The molecule has 6 heteroatoms. The van der Waals surface area contributed by atoms with Gasteiger partial charge in [0.05, 0.1) is 34.0 Å². The molecule has 22 heavy (non-hydrogen) atoms. The molecular weight excluding hydrogens is 288 g/mol. The summed E-state index contributed by atoms with van der Waals surface area (Å²) in [4.78, 5) is 11.6. The maximum atomic E-state index is 11.6. The van der Waals surface area contributed by atoms with Crippen molar-refractivity contribution >= 4 is 5.97 Å². The third-order valence-electron chi connectivity index (χ3n) is 3.08. The summed E-state index contributed by atoms with van der Waals surface area (Å²) in [5.74, 6) is 0.773. The van der Waals surface area contributed by atoms with Gasteiger partial charge in [-0.2, -0.15) is 0 Å². The predicted octanol–water partition coefficient (Wildman–Crippen LogP) is 2.26. The highest BCUT2D eigenvalue weighted by molar-refractivity contribution is 5.87. The fourth-order valence-corrected chi connectivity index (χ4v) is 1.96. The molecule has 0 amide bonds. The van der Waals surface area contributed by atoms with Crippen LogP contribution < -0.4 is 14.2 Å². The normalized spacial score (nSPS) is 11.5. The molecule has 1 aromatic rings. The molecule has 0 saturated carbocycles. The molecule has 1 rings (SSSR count). The Balaban J connectivity index is 3.00. The lowest BCUT2D eigenvalue weighted by Gasteiger charge is -2.17. The molecule has 1 aromatic carbocycles. The van der Waals surface area contributed by atoms with Crippen LogP contribution in [0.15, 0.2) is 24.3 Å². The van der Waals surface area contributed by atoms with Gasteiger partial charge in [-0.15, -0.1) is 0 Å². The molecule has 0 aromatic heterocycles. The monoisotopic (exact) mass is 310 g/mol. The summed E-state index contributed by atoms with van der Waals surface area (Å²) in [7, 11) is 4.48. The first kappa shape index (κ1) is 17.8. The summed E-state index contributed by atoms with van der Waals surface area (Å²) < 4.78 is 20.5. The Labute approximate surface area is 130 Å². The van der Waals surface area contributed by atoms with Crippen molar-refractivity contribution in [2.45, 2.75) is 19.4 Å². The van der Waals surface area contributed by atoms with E-state index in [0.717, 1.165) is 0 Å². The first-order valence-corrected chi connectivity index (χ1v) is 6.81. The molecule has 0 bridgehead atoms. The van der Waals surface area contributed by atoms with Crippen LogP contribution in [-0.4, -0.2) is 39.0 Å². The molecule has 122 valence electrons. The van der Waals surface area contributed by atoms with E-state index < -0.39 is 12.1 Å². The van der Waals surface area contributed by atoms with Crippen molar-refractivity contribution in [2.75, 3.05) is 27.9 Å². The molecule has 0 saturated heterocycles. The van der Waals surface area contributed by atoms with Crippen molar-refractivity contribution in [3.05, 3.63) is 29.8 Å².